The van der Waals surface area contributed by atoms with E-state index >= 15 is 0 Å². The van der Waals surface area contributed by atoms with E-state index in [1.165, 1.54) is 11.1 Å². The molecule has 1 aromatic heterocycles. The summed E-state index contributed by atoms with van der Waals surface area (Å²) in [5, 5.41) is 8.24. The van der Waals surface area contributed by atoms with Gasteiger partial charge in [-0.2, -0.15) is 10.1 Å². The number of rotatable bonds is 3. The lowest BCUT2D eigenvalue weighted by Crippen LogP contribution is -2.11. The van der Waals surface area contributed by atoms with Crippen LogP contribution in [-0.4, -0.2) is 16.3 Å². The van der Waals surface area contributed by atoms with Crippen LogP contribution >= 0.6 is 11.6 Å². The van der Waals surface area contributed by atoms with Gasteiger partial charge < -0.3 is 0 Å². The molecule has 4 nitrogen and oxygen atoms in total. The number of aromatic nitrogens is 2. The van der Waals surface area contributed by atoms with Gasteiger partial charge >= 0.3 is 0 Å². The number of hydrogen-bond acceptors (Lipinski definition) is 3. The van der Waals surface area contributed by atoms with Gasteiger partial charge in [0.05, 0.1) is 11.4 Å². The second kappa shape index (κ2) is 6.67. The number of aryl methyl sites for hydroxylation is 1. The molecule has 0 bridgehead atoms. The van der Waals surface area contributed by atoms with Gasteiger partial charge in [-0.3, -0.25) is 5.10 Å². The second-order valence-corrected chi connectivity index (χ2v) is 6.62. The lowest BCUT2D eigenvalue weighted by atomic mass is 9.80. The van der Waals surface area contributed by atoms with Crippen molar-refractivity contribution in [1.82, 2.24) is 10.2 Å². The van der Waals surface area contributed by atoms with Crippen molar-refractivity contribution in [3.8, 4) is 11.3 Å². The summed E-state index contributed by atoms with van der Waals surface area (Å²) in [4.78, 5) is 15.0. The molecular weight excluding hydrogens is 334 g/mol. The minimum Gasteiger partial charge on any atom is -0.275 e. The molecule has 0 aliphatic heterocycles. The minimum atomic E-state index is 0.134. The standard InChI is InChI=1S/C20H16ClN3O/c21-15-10-8-14(9-11-15)18-20(22-12-25)19(24-23-18)17-7-3-5-13-4-1-2-6-16(13)17/h1-2,4,6,8-11,17H,3,5,7H2,(H,23,24). The highest BCUT2D eigenvalue weighted by Crippen LogP contribution is 2.42. The van der Waals surface area contributed by atoms with Crippen molar-refractivity contribution < 1.29 is 4.79 Å². The van der Waals surface area contributed by atoms with Crippen LogP contribution in [0, 0.1) is 0 Å². The number of aliphatic imine (C=N–C) groups is 1. The molecule has 0 radical (unpaired) electrons. The van der Waals surface area contributed by atoms with E-state index in [0.717, 1.165) is 36.2 Å². The number of fused-ring (bicyclic) bond motifs is 1. The van der Waals surface area contributed by atoms with Crippen LogP contribution < -0.4 is 0 Å². The summed E-state index contributed by atoms with van der Waals surface area (Å²) in [7, 11) is 0. The zero-order valence-corrected chi connectivity index (χ0v) is 14.3. The summed E-state index contributed by atoms with van der Waals surface area (Å²) in [6, 6.07) is 15.8. The van der Waals surface area contributed by atoms with Crippen LogP contribution in [0.5, 0.6) is 0 Å². The number of nitrogens with one attached hydrogen (secondary N) is 1. The fourth-order valence-corrected chi connectivity index (χ4v) is 3.73. The van der Waals surface area contributed by atoms with Gasteiger partial charge in [0.25, 0.3) is 0 Å². The first-order valence-corrected chi connectivity index (χ1v) is 8.65. The van der Waals surface area contributed by atoms with Gasteiger partial charge in [0, 0.05) is 16.5 Å². The molecule has 2 aromatic carbocycles. The summed E-state index contributed by atoms with van der Waals surface area (Å²) < 4.78 is 0. The Morgan fingerprint density at radius 2 is 1.96 bits per heavy atom. The fraction of sp³-hybridized carbons (Fsp3) is 0.200. The monoisotopic (exact) mass is 349 g/mol. The van der Waals surface area contributed by atoms with Gasteiger partial charge in [0.2, 0.25) is 6.08 Å². The van der Waals surface area contributed by atoms with Gasteiger partial charge in [-0.1, -0.05) is 48.0 Å². The van der Waals surface area contributed by atoms with Gasteiger partial charge in [-0.25, -0.2) is 4.79 Å². The first kappa shape index (κ1) is 15.8. The van der Waals surface area contributed by atoms with Crippen molar-refractivity contribution in [2.45, 2.75) is 25.2 Å². The highest BCUT2D eigenvalue weighted by atomic mass is 35.5. The summed E-state index contributed by atoms with van der Waals surface area (Å²) in [6.45, 7) is 0. The topological polar surface area (TPSA) is 58.1 Å². The van der Waals surface area contributed by atoms with Gasteiger partial charge in [-0.15, -0.1) is 0 Å². The highest BCUT2D eigenvalue weighted by molar-refractivity contribution is 6.30. The van der Waals surface area contributed by atoms with Crippen molar-refractivity contribution >= 4 is 23.4 Å². The molecule has 1 heterocycles. The molecule has 1 unspecified atom stereocenters. The maximum atomic E-state index is 11.0. The number of benzene rings is 2. The SMILES string of the molecule is O=C=Nc1c(C2CCCc3ccccc32)n[nH]c1-c1ccc(Cl)cc1. The van der Waals surface area contributed by atoms with Crippen molar-refractivity contribution in [1.29, 1.82) is 0 Å². The minimum absolute atomic E-state index is 0.134. The Labute approximate surface area is 150 Å². The van der Waals surface area contributed by atoms with Gasteiger partial charge in [0.1, 0.15) is 5.69 Å². The molecule has 1 aliphatic carbocycles. The molecule has 1 aliphatic rings. The Kier molecular flexibility index (Phi) is 4.22. The Balaban J connectivity index is 1.84. The molecule has 1 N–H and O–H groups in total. The Morgan fingerprint density at radius 1 is 1.16 bits per heavy atom. The van der Waals surface area contributed by atoms with E-state index < -0.39 is 0 Å². The van der Waals surface area contributed by atoms with E-state index in [4.69, 9.17) is 11.6 Å². The van der Waals surface area contributed by atoms with Crippen molar-refractivity contribution in [2.75, 3.05) is 0 Å². The molecule has 1 atom stereocenters. The van der Waals surface area contributed by atoms with Gasteiger partial charge in [-0.05, 0) is 42.5 Å². The number of aromatic amines is 1. The Hall–Kier alpha value is -2.68. The number of H-pyrrole nitrogens is 1. The average Bonchev–Trinajstić information content (AvgIpc) is 3.06. The third-order valence-corrected chi connectivity index (χ3v) is 5.01. The third kappa shape index (κ3) is 2.91. The van der Waals surface area contributed by atoms with E-state index in [1.54, 1.807) is 6.08 Å². The lowest BCUT2D eigenvalue weighted by Gasteiger charge is -2.24. The molecule has 0 amide bonds. The Morgan fingerprint density at radius 3 is 2.76 bits per heavy atom. The van der Waals surface area contributed by atoms with Crippen LogP contribution in [0.25, 0.3) is 11.3 Å². The lowest BCUT2D eigenvalue weighted by molar-refractivity contribution is 0.565. The number of isocyanates is 1. The maximum absolute atomic E-state index is 11.0. The van der Waals surface area contributed by atoms with Crippen LogP contribution in [0.1, 0.15) is 35.6 Å². The Bertz CT molecular complexity index is 955. The molecule has 3 aromatic rings. The van der Waals surface area contributed by atoms with Crippen molar-refractivity contribution in [3.63, 3.8) is 0 Å². The van der Waals surface area contributed by atoms with E-state index in [2.05, 4.69) is 33.4 Å². The molecule has 4 rings (SSSR count). The quantitative estimate of drug-likeness (QED) is 0.524. The fourth-order valence-electron chi connectivity index (χ4n) is 3.61. The molecule has 0 spiro atoms. The first-order chi connectivity index (χ1) is 12.3. The number of nitrogens with zero attached hydrogens (tertiary/aromatic N) is 2. The smallest absolute Gasteiger partial charge is 0.240 e. The number of halogens is 1. The summed E-state index contributed by atoms with van der Waals surface area (Å²) in [5.41, 5.74) is 5.60. The van der Waals surface area contributed by atoms with Crippen LogP contribution in [0.15, 0.2) is 53.5 Å². The molecule has 0 fully saturated rings. The second-order valence-electron chi connectivity index (χ2n) is 6.19. The summed E-state index contributed by atoms with van der Waals surface area (Å²) in [5.74, 6) is 0.134. The highest BCUT2D eigenvalue weighted by Gasteiger charge is 2.27. The molecule has 5 heteroatoms. The maximum Gasteiger partial charge on any atom is 0.240 e. The number of carbonyl (C=O) groups excluding carboxylic acids is 1. The van der Waals surface area contributed by atoms with E-state index in [1.807, 2.05) is 30.3 Å². The van der Waals surface area contributed by atoms with Crippen molar-refractivity contribution in [2.24, 2.45) is 4.99 Å². The number of hydrogen-bond donors (Lipinski definition) is 1. The molecule has 0 saturated heterocycles. The zero-order valence-electron chi connectivity index (χ0n) is 13.5. The predicted octanol–water partition coefficient (Wildman–Crippen LogP) is 5.17. The van der Waals surface area contributed by atoms with E-state index in [-0.39, 0.29) is 5.92 Å². The van der Waals surface area contributed by atoms with Crippen LogP contribution in [0.3, 0.4) is 0 Å². The molecule has 25 heavy (non-hydrogen) atoms. The van der Waals surface area contributed by atoms with Crippen LogP contribution in [0.4, 0.5) is 5.69 Å². The summed E-state index contributed by atoms with van der Waals surface area (Å²) in [6.07, 6.45) is 4.84. The average molecular weight is 350 g/mol. The van der Waals surface area contributed by atoms with Crippen molar-refractivity contribution in [3.05, 3.63) is 70.4 Å². The van der Waals surface area contributed by atoms with Gasteiger partial charge in [0.15, 0.2) is 0 Å². The normalized spacial score (nSPS) is 16.1. The molecule has 124 valence electrons. The van der Waals surface area contributed by atoms with Crippen LogP contribution in [-0.2, 0) is 11.2 Å². The van der Waals surface area contributed by atoms with Crippen LogP contribution in [0.2, 0.25) is 5.02 Å². The zero-order chi connectivity index (χ0) is 17.2. The summed E-state index contributed by atoms with van der Waals surface area (Å²) >= 11 is 5.97. The third-order valence-electron chi connectivity index (χ3n) is 4.76. The first-order valence-electron chi connectivity index (χ1n) is 8.28. The van der Waals surface area contributed by atoms with E-state index in [0.29, 0.717) is 10.7 Å². The molecule has 0 saturated carbocycles. The predicted molar refractivity (Wildman–Crippen MR) is 98.0 cm³/mol. The molecular formula is C20H16ClN3O. The largest absolute Gasteiger partial charge is 0.275 e. The van der Waals surface area contributed by atoms with E-state index in [9.17, 15) is 4.79 Å².